The van der Waals surface area contributed by atoms with Gasteiger partial charge in [-0.3, -0.25) is 10.1 Å². The minimum atomic E-state index is -0.880. The molecule has 112 valence electrons. The van der Waals surface area contributed by atoms with Crippen molar-refractivity contribution in [3.63, 3.8) is 0 Å². The Kier molecular flexibility index (Phi) is 6.17. The standard InChI is InChI=1S/C16H25NO3/c1-5-13(16(19)20)17-14(10(2)3)15(18)12-8-6-11(4)7-9-12/h6-10,13-15,17-18H,5H2,1-4H3,(H,19,20). The molecule has 0 saturated carbocycles. The van der Waals surface area contributed by atoms with E-state index < -0.39 is 18.1 Å². The molecule has 20 heavy (non-hydrogen) atoms. The molecule has 0 aliphatic heterocycles. The second-order valence-corrected chi connectivity index (χ2v) is 5.59. The third-order valence-corrected chi connectivity index (χ3v) is 3.58. The molecule has 3 atom stereocenters. The zero-order valence-electron chi connectivity index (χ0n) is 12.6. The second kappa shape index (κ2) is 7.41. The molecule has 0 fully saturated rings. The van der Waals surface area contributed by atoms with E-state index in [0.717, 1.165) is 11.1 Å². The van der Waals surface area contributed by atoms with E-state index in [9.17, 15) is 9.90 Å². The Bertz CT molecular complexity index is 428. The lowest BCUT2D eigenvalue weighted by molar-refractivity contribution is -0.140. The second-order valence-electron chi connectivity index (χ2n) is 5.59. The van der Waals surface area contributed by atoms with Crippen molar-refractivity contribution in [2.75, 3.05) is 0 Å². The Labute approximate surface area is 120 Å². The van der Waals surface area contributed by atoms with Crippen LogP contribution in [-0.4, -0.2) is 28.3 Å². The zero-order chi connectivity index (χ0) is 15.3. The maximum atomic E-state index is 11.1. The van der Waals surface area contributed by atoms with Gasteiger partial charge in [0.15, 0.2) is 0 Å². The third-order valence-electron chi connectivity index (χ3n) is 3.58. The van der Waals surface area contributed by atoms with E-state index in [-0.39, 0.29) is 12.0 Å². The number of hydrogen-bond donors (Lipinski definition) is 3. The largest absolute Gasteiger partial charge is 0.480 e. The molecule has 0 aliphatic carbocycles. The summed E-state index contributed by atoms with van der Waals surface area (Å²) in [6, 6.07) is 6.74. The van der Waals surface area contributed by atoms with Gasteiger partial charge < -0.3 is 10.2 Å². The molecular weight excluding hydrogens is 254 g/mol. The molecule has 1 aromatic rings. The van der Waals surface area contributed by atoms with Crippen molar-refractivity contribution in [2.45, 2.75) is 52.3 Å². The summed E-state index contributed by atoms with van der Waals surface area (Å²) in [5.74, 6) is -0.756. The number of hydrogen-bond acceptors (Lipinski definition) is 3. The summed E-state index contributed by atoms with van der Waals surface area (Å²) >= 11 is 0. The van der Waals surface area contributed by atoms with Crippen molar-refractivity contribution < 1.29 is 15.0 Å². The SMILES string of the molecule is CCC(NC(C(C)C)C(O)c1ccc(C)cc1)C(=O)O. The molecule has 1 aromatic carbocycles. The molecule has 0 bridgehead atoms. The van der Waals surface area contributed by atoms with Gasteiger partial charge in [-0.05, 0) is 24.8 Å². The van der Waals surface area contributed by atoms with E-state index in [4.69, 9.17) is 5.11 Å². The van der Waals surface area contributed by atoms with Gasteiger partial charge >= 0.3 is 5.97 Å². The Balaban J connectivity index is 2.89. The maximum Gasteiger partial charge on any atom is 0.320 e. The summed E-state index contributed by atoms with van der Waals surface area (Å²) in [5.41, 5.74) is 1.94. The minimum Gasteiger partial charge on any atom is -0.480 e. The number of aliphatic hydroxyl groups excluding tert-OH is 1. The van der Waals surface area contributed by atoms with E-state index in [1.165, 1.54) is 0 Å². The van der Waals surface area contributed by atoms with Gasteiger partial charge in [0.1, 0.15) is 6.04 Å². The molecule has 0 radical (unpaired) electrons. The van der Waals surface area contributed by atoms with Crippen LogP contribution in [0.15, 0.2) is 24.3 Å². The molecule has 0 saturated heterocycles. The predicted molar refractivity (Wildman–Crippen MR) is 79.6 cm³/mol. The normalized spacial score (nSPS) is 15.9. The number of rotatable bonds is 7. The lowest BCUT2D eigenvalue weighted by Crippen LogP contribution is -2.48. The number of aliphatic carboxylic acids is 1. The maximum absolute atomic E-state index is 11.1. The smallest absolute Gasteiger partial charge is 0.320 e. The van der Waals surface area contributed by atoms with Gasteiger partial charge in [-0.1, -0.05) is 50.6 Å². The molecule has 4 heteroatoms. The fourth-order valence-corrected chi connectivity index (χ4v) is 2.22. The van der Waals surface area contributed by atoms with Crippen LogP contribution in [0.5, 0.6) is 0 Å². The highest BCUT2D eigenvalue weighted by Gasteiger charge is 2.28. The van der Waals surface area contributed by atoms with E-state index in [1.54, 1.807) is 0 Å². The number of carbonyl (C=O) groups is 1. The van der Waals surface area contributed by atoms with Crippen LogP contribution in [0.1, 0.15) is 44.4 Å². The highest BCUT2D eigenvalue weighted by atomic mass is 16.4. The van der Waals surface area contributed by atoms with Gasteiger partial charge in [0.2, 0.25) is 0 Å². The fraction of sp³-hybridized carbons (Fsp3) is 0.562. The monoisotopic (exact) mass is 279 g/mol. The average molecular weight is 279 g/mol. The Morgan fingerprint density at radius 3 is 2.20 bits per heavy atom. The molecule has 3 unspecified atom stereocenters. The van der Waals surface area contributed by atoms with Gasteiger partial charge in [0.25, 0.3) is 0 Å². The highest BCUT2D eigenvalue weighted by molar-refractivity contribution is 5.73. The first-order chi connectivity index (χ1) is 9.36. The summed E-state index contributed by atoms with van der Waals surface area (Å²) in [6.07, 6.45) is -0.233. The molecule has 3 N–H and O–H groups in total. The molecular formula is C16H25NO3. The summed E-state index contributed by atoms with van der Waals surface area (Å²) < 4.78 is 0. The summed E-state index contributed by atoms with van der Waals surface area (Å²) in [6.45, 7) is 7.76. The third kappa shape index (κ3) is 4.32. The minimum absolute atomic E-state index is 0.125. The first-order valence-corrected chi connectivity index (χ1v) is 7.10. The van der Waals surface area contributed by atoms with Crippen molar-refractivity contribution >= 4 is 5.97 Å². The van der Waals surface area contributed by atoms with Crippen molar-refractivity contribution in [1.82, 2.24) is 5.32 Å². The first kappa shape index (κ1) is 16.7. The van der Waals surface area contributed by atoms with E-state index in [0.29, 0.717) is 6.42 Å². The van der Waals surface area contributed by atoms with E-state index in [2.05, 4.69) is 5.32 Å². The molecule has 0 spiro atoms. The van der Waals surface area contributed by atoms with Crippen molar-refractivity contribution in [1.29, 1.82) is 0 Å². The van der Waals surface area contributed by atoms with E-state index >= 15 is 0 Å². The predicted octanol–water partition coefficient (Wildman–Crippen LogP) is 2.51. The summed E-state index contributed by atoms with van der Waals surface area (Å²) in [7, 11) is 0. The molecule has 0 aromatic heterocycles. The summed E-state index contributed by atoms with van der Waals surface area (Å²) in [4.78, 5) is 11.1. The average Bonchev–Trinajstić information content (AvgIpc) is 2.39. The molecule has 0 aliphatic rings. The summed E-state index contributed by atoms with van der Waals surface area (Å²) in [5, 5.41) is 22.7. The number of benzene rings is 1. The van der Waals surface area contributed by atoms with Crippen molar-refractivity contribution in [3.05, 3.63) is 35.4 Å². The van der Waals surface area contributed by atoms with Gasteiger partial charge in [-0.2, -0.15) is 0 Å². The quantitative estimate of drug-likeness (QED) is 0.717. The van der Waals surface area contributed by atoms with Crippen LogP contribution in [0.25, 0.3) is 0 Å². The molecule has 1 rings (SSSR count). The van der Waals surface area contributed by atoms with Crippen LogP contribution in [0.4, 0.5) is 0 Å². The van der Waals surface area contributed by atoms with Crippen LogP contribution < -0.4 is 5.32 Å². The fourth-order valence-electron chi connectivity index (χ4n) is 2.22. The molecule has 0 amide bonds. The van der Waals surface area contributed by atoms with Crippen LogP contribution in [0.3, 0.4) is 0 Å². The van der Waals surface area contributed by atoms with Gasteiger partial charge in [-0.25, -0.2) is 0 Å². The Morgan fingerprint density at radius 1 is 1.25 bits per heavy atom. The molecule has 0 heterocycles. The Hall–Kier alpha value is -1.39. The van der Waals surface area contributed by atoms with Crippen LogP contribution in [-0.2, 0) is 4.79 Å². The van der Waals surface area contributed by atoms with Gasteiger partial charge in [-0.15, -0.1) is 0 Å². The number of nitrogens with one attached hydrogen (secondary N) is 1. The number of carboxylic acid groups (broad SMARTS) is 1. The van der Waals surface area contributed by atoms with Crippen molar-refractivity contribution in [2.24, 2.45) is 5.92 Å². The molecule has 4 nitrogen and oxygen atoms in total. The van der Waals surface area contributed by atoms with Crippen molar-refractivity contribution in [3.8, 4) is 0 Å². The van der Waals surface area contributed by atoms with Crippen LogP contribution in [0, 0.1) is 12.8 Å². The highest BCUT2D eigenvalue weighted by Crippen LogP contribution is 2.23. The lowest BCUT2D eigenvalue weighted by atomic mass is 9.92. The first-order valence-electron chi connectivity index (χ1n) is 7.10. The lowest BCUT2D eigenvalue weighted by Gasteiger charge is -2.30. The number of carboxylic acids is 1. The van der Waals surface area contributed by atoms with Gasteiger partial charge in [0.05, 0.1) is 6.10 Å². The number of aliphatic hydroxyl groups is 1. The van der Waals surface area contributed by atoms with Gasteiger partial charge in [0, 0.05) is 6.04 Å². The number of aryl methyl sites for hydroxylation is 1. The van der Waals surface area contributed by atoms with Crippen LogP contribution in [0.2, 0.25) is 0 Å². The Morgan fingerprint density at radius 2 is 1.80 bits per heavy atom. The van der Waals surface area contributed by atoms with Crippen LogP contribution >= 0.6 is 0 Å². The van der Waals surface area contributed by atoms with E-state index in [1.807, 2.05) is 52.0 Å². The topological polar surface area (TPSA) is 69.6 Å². The zero-order valence-corrected chi connectivity index (χ0v) is 12.6.